The molecule has 0 radical (unpaired) electrons. The number of carbonyl (C=O) groups excluding carboxylic acids is 1. The quantitative estimate of drug-likeness (QED) is 0.764. The van der Waals surface area contributed by atoms with Crippen molar-refractivity contribution in [1.29, 1.82) is 0 Å². The van der Waals surface area contributed by atoms with Crippen molar-refractivity contribution in [2.75, 3.05) is 16.8 Å². The standard InChI is InChI=1S/C12H11ClN2O6/c1-5(16)14-7-3-9-8(2-6(7)13)15(12(19)20)4-10(21-9)11(17)18/h2-3,10H,4H2,1H3,(H,14,16)(H,17,18)(H,19,20). The number of hydrogen-bond donors (Lipinski definition) is 3. The van der Waals surface area contributed by atoms with E-state index < -0.39 is 18.2 Å². The van der Waals surface area contributed by atoms with E-state index in [0.29, 0.717) is 0 Å². The summed E-state index contributed by atoms with van der Waals surface area (Å²) in [7, 11) is 0. The minimum atomic E-state index is -1.33. The minimum Gasteiger partial charge on any atom is -0.478 e. The maximum atomic E-state index is 11.2. The molecule has 0 aliphatic carbocycles. The molecule has 2 amide bonds. The van der Waals surface area contributed by atoms with Crippen molar-refractivity contribution in [3.05, 3.63) is 17.2 Å². The third-order valence-corrected chi connectivity index (χ3v) is 3.09. The summed E-state index contributed by atoms with van der Waals surface area (Å²) < 4.78 is 5.24. The zero-order chi connectivity index (χ0) is 15.7. The first-order chi connectivity index (χ1) is 9.79. The molecular formula is C12H11ClN2O6. The molecule has 1 heterocycles. The Hall–Kier alpha value is -2.48. The Bertz CT molecular complexity index is 632. The Morgan fingerprint density at radius 2 is 2.05 bits per heavy atom. The minimum absolute atomic E-state index is 0.0178. The number of hydrogen-bond acceptors (Lipinski definition) is 4. The van der Waals surface area contributed by atoms with Crippen LogP contribution in [-0.4, -0.2) is 40.8 Å². The first kappa shape index (κ1) is 14.9. The van der Waals surface area contributed by atoms with Gasteiger partial charge in [-0.3, -0.25) is 9.69 Å². The van der Waals surface area contributed by atoms with E-state index in [1.54, 1.807) is 0 Å². The van der Waals surface area contributed by atoms with Crippen molar-refractivity contribution < 1.29 is 29.3 Å². The van der Waals surface area contributed by atoms with E-state index >= 15 is 0 Å². The van der Waals surface area contributed by atoms with Gasteiger partial charge in [0.05, 0.1) is 22.9 Å². The van der Waals surface area contributed by atoms with E-state index in [1.807, 2.05) is 0 Å². The zero-order valence-electron chi connectivity index (χ0n) is 10.8. The highest BCUT2D eigenvalue weighted by Gasteiger charge is 2.34. The fourth-order valence-electron chi connectivity index (χ4n) is 1.90. The second-order valence-corrected chi connectivity index (χ2v) is 4.73. The normalized spacial score (nSPS) is 16.7. The van der Waals surface area contributed by atoms with Crippen molar-refractivity contribution in [2.24, 2.45) is 0 Å². The van der Waals surface area contributed by atoms with E-state index in [-0.39, 0.29) is 34.6 Å². The molecule has 1 aliphatic rings. The number of fused-ring (bicyclic) bond motifs is 1. The topological polar surface area (TPSA) is 116 Å². The van der Waals surface area contributed by atoms with E-state index in [0.717, 1.165) is 4.90 Å². The Balaban J connectivity index is 2.49. The Labute approximate surface area is 123 Å². The number of amides is 2. The molecule has 112 valence electrons. The van der Waals surface area contributed by atoms with Crippen LogP contribution in [0.3, 0.4) is 0 Å². The summed E-state index contributed by atoms with van der Waals surface area (Å²) in [4.78, 5) is 34.1. The number of nitrogens with zero attached hydrogens (tertiary/aromatic N) is 1. The van der Waals surface area contributed by atoms with Crippen LogP contribution in [0.25, 0.3) is 0 Å². The molecule has 0 saturated heterocycles. The van der Waals surface area contributed by atoms with Gasteiger partial charge in [-0.1, -0.05) is 11.6 Å². The summed E-state index contributed by atoms with van der Waals surface area (Å²) in [5.41, 5.74) is 0.332. The summed E-state index contributed by atoms with van der Waals surface area (Å²) >= 11 is 5.97. The first-order valence-corrected chi connectivity index (χ1v) is 6.18. The largest absolute Gasteiger partial charge is 0.478 e. The fourth-order valence-corrected chi connectivity index (χ4v) is 2.10. The molecule has 0 aromatic heterocycles. The number of carboxylic acids is 1. The maximum Gasteiger partial charge on any atom is 0.412 e. The summed E-state index contributed by atoms with van der Waals surface area (Å²) in [6.07, 6.45) is -2.66. The van der Waals surface area contributed by atoms with Gasteiger partial charge in [0.25, 0.3) is 0 Å². The van der Waals surface area contributed by atoms with Crippen molar-refractivity contribution >= 4 is 40.9 Å². The molecule has 9 heteroatoms. The lowest BCUT2D eigenvalue weighted by molar-refractivity contribution is -0.144. The van der Waals surface area contributed by atoms with Gasteiger partial charge in [-0.15, -0.1) is 0 Å². The lowest BCUT2D eigenvalue weighted by Gasteiger charge is -2.31. The monoisotopic (exact) mass is 314 g/mol. The average molecular weight is 315 g/mol. The fraction of sp³-hybridized carbons (Fsp3) is 0.250. The van der Waals surface area contributed by atoms with E-state index in [9.17, 15) is 14.4 Å². The van der Waals surface area contributed by atoms with Gasteiger partial charge in [-0.05, 0) is 6.07 Å². The van der Waals surface area contributed by atoms with Crippen LogP contribution in [0.1, 0.15) is 6.92 Å². The summed E-state index contributed by atoms with van der Waals surface area (Å²) in [5.74, 6) is -1.65. The molecule has 0 saturated carbocycles. The van der Waals surface area contributed by atoms with Gasteiger partial charge in [0.2, 0.25) is 12.0 Å². The number of carboxylic acid groups (broad SMARTS) is 2. The molecule has 1 atom stereocenters. The summed E-state index contributed by atoms with van der Waals surface area (Å²) in [6, 6.07) is 2.60. The van der Waals surface area contributed by atoms with Crippen molar-refractivity contribution in [3.8, 4) is 5.75 Å². The Morgan fingerprint density at radius 1 is 1.38 bits per heavy atom. The molecule has 1 aliphatic heterocycles. The van der Waals surface area contributed by atoms with Crippen molar-refractivity contribution in [2.45, 2.75) is 13.0 Å². The van der Waals surface area contributed by atoms with Gasteiger partial charge in [0.1, 0.15) is 5.75 Å². The molecule has 1 unspecified atom stereocenters. The predicted octanol–water partition coefficient (Wildman–Crippen LogP) is 1.63. The van der Waals surface area contributed by atoms with Gasteiger partial charge >= 0.3 is 12.1 Å². The number of ether oxygens (including phenoxy) is 1. The first-order valence-electron chi connectivity index (χ1n) is 5.80. The highest BCUT2D eigenvalue weighted by molar-refractivity contribution is 6.34. The third-order valence-electron chi connectivity index (χ3n) is 2.77. The van der Waals surface area contributed by atoms with Gasteiger partial charge in [-0.25, -0.2) is 9.59 Å². The van der Waals surface area contributed by atoms with Crippen molar-refractivity contribution in [1.82, 2.24) is 0 Å². The van der Waals surface area contributed by atoms with Crippen LogP contribution >= 0.6 is 11.6 Å². The molecule has 1 aromatic rings. The molecule has 0 spiro atoms. The molecule has 0 fully saturated rings. The van der Waals surface area contributed by atoms with E-state index in [2.05, 4.69) is 5.32 Å². The van der Waals surface area contributed by atoms with Crippen LogP contribution < -0.4 is 15.0 Å². The smallest absolute Gasteiger partial charge is 0.412 e. The van der Waals surface area contributed by atoms with Gasteiger partial charge < -0.3 is 20.3 Å². The van der Waals surface area contributed by atoms with Crippen LogP contribution in [0.5, 0.6) is 5.75 Å². The zero-order valence-corrected chi connectivity index (χ0v) is 11.5. The maximum absolute atomic E-state index is 11.2. The second-order valence-electron chi connectivity index (χ2n) is 4.32. The molecule has 3 N–H and O–H groups in total. The highest BCUT2D eigenvalue weighted by Crippen LogP contribution is 2.40. The molecule has 2 rings (SSSR count). The van der Waals surface area contributed by atoms with Crippen LogP contribution in [0.4, 0.5) is 16.2 Å². The van der Waals surface area contributed by atoms with Crippen LogP contribution in [0.2, 0.25) is 5.02 Å². The van der Waals surface area contributed by atoms with Crippen LogP contribution in [0, 0.1) is 0 Å². The van der Waals surface area contributed by atoms with Gasteiger partial charge in [-0.2, -0.15) is 0 Å². The molecule has 0 bridgehead atoms. The van der Waals surface area contributed by atoms with E-state index in [1.165, 1.54) is 19.1 Å². The summed E-state index contributed by atoms with van der Waals surface area (Å²) in [6.45, 7) is 0.924. The highest BCUT2D eigenvalue weighted by atomic mass is 35.5. The van der Waals surface area contributed by atoms with Crippen molar-refractivity contribution in [3.63, 3.8) is 0 Å². The SMILES string of the molecule is CC(=O)Nc1cc2c(cc1Cl)N(C(=O)O)CC(C(=O)O)O2. The second kappa shape index (κ2) is 5.49. The van der Waals surface area contributed by atoms with Crippen LogP contribution in [0.15, 0.2) is 12.1 Å². The number of nitrogens with one attached hydrogen (secondary N) is 1. The third kappa shape index (κ3) is 3.00. The van der Waals surface area contributed by atoms with E-state index in [4.69, 9.17) is 26.6 Å². The van der Waals surface area contributed by atoms with Gasteiger partial charge in [0, 0.05) is 13.0 Å². The number of rotatable bonds is 2. The Kier molecular flexibility index (Phi) is 3.90. The predicted molar refractivity (Wildman–Crippen MR) is 73.2 cm³/mol. The Morgan fingerprint density at radius 3 is 2.57 bits per heavy atom. The summed E-state index contributed by atoms with van der Waals surface area (Å²) in [5, 5.41) is 20.7. The van der Waals surface area contributed by atoms with Crippen LogP contribution in [-0.2, 0) is 9.59 Å². The number of benzene rings is 1. The number of aliphatic carboxylic acids is 1. The lowest BCUT2D eigenvalue weighted by Crippen LogP contribution is -2.46. The molecule has 21 heavy (non-hydrogen) atoms. The van der Waals surface area contributed by atoms with Gasteiger partial charge in [0.15, 0.2) is 0 Å². The number of halogens is 1. The average Bonchev–Trinajstić information content (AvgIpc) is 2.37. The lowest BCUT2D eigenvalue weighted by atomic mass is 10.1. The number of carbonyl (C=O) groups is 3. The molecule has 8 nitrogen and oxygen atoms in total. The molecule has 1 aromatic carbocycles. The number of anilines is 2. The molecular weight excluding hydrogens is 304 g/mol.